The van der Waals surface area contributed by atoms with Crippen molar-refractivity contribution in [3.8, 4) is 0 Å². The van der Waals surface area contributed by atoms with Crippen molar-refractivity contribution in [2.24, 2.45) is 7.05 Å². The number of amides is 1. The molecule has 0 radical (unpaired) electrons. The van der Waals surface area contributed by atoms with E-state index in [2.05, 4.69) is 15.2 Å². The predicted octanol–water partition coefficient (Wildman–Crippen LogP) is -0.129. The van der Waals surface area contributed by atoms with Crippen molar-refractivity contribution in [3.05, 3.63) is 18.2 Å². The van der Waals surface area contributed by atoms with Gasteiger partial charge in [0.05, 0.1) is 13.2 Å². The van der Waals surface area contributed by atoms with E-state index in [1.54, 1.807) is 17.0 Å². The highest BCUT2D eigenvalue weighted by molar-refractivity contribution is 5.90. The van der Waals surface area contributed by atoms with Crippen LogP contribution in [0.4, 0.5) is 0 Å². The molecule has 0 saturated carbocycles. The largest absolute Gasteiger partial charge is 0.379 e. The van der Waals surface area contributed by atoms with Crippen molar-refractivity contribution in [1.82, 2.24) is 19.8 Å². The Morgan fingerprint density at radius 2 is 2.28 bits per heavy atom. The molecule has 1 aliphatic heterocycles. The Morgan fingerprint density at radius 1 is 1.56 bits per heavy atom. The fraction of sp³-hybridized carbons (Fsp3) is 0.667. The number of ether oxygens (including phenoxy) is 1. The number of carbonyl (C=O) groups excluding carboxylic acids is 1. The highest BCUT2D eigenvalue weighted by Gasteiger charge is 2.17. The highest BCUT2D eigenvalue weighted by atomic mass is 16.5. The average Bonchev–Trinajstić information content (AvgIpc) is 2.76. The molecule has 2 heterocycles. The van der Waals surface area contributed by atoms with Crippen LogP contribution in [0.5, 0.6) is 0 Å². The van der Waals surface area contributed by atoms with Crippen LogP contribution in [-0.2, 0) is 11.8 Å². The van der Waals surface area contributed by atoms with Gasteiger partial charge in [0, 0.05) is 45.1 Å². The summed E-state index contributed by atoms with van der Waals surface area (Å²) in [6.07, 6.45) is 3.39. The monoisotopic (exact) mass is 252 g/mol. The second-order valence-electron chi connectivity index (χ2n) is 4.65. The minimum absolute atomic E-state index is 0.104. The first-order valence-corrected chi connectivity index (χ1v) is 6.25. The second kappa shape index (κ2) is 5.97. The van der Waals surface area contributed by atoms with Gasteiger partial charge in [-0.2, -0.15) is 0 Å². The highest BCUT2D eigenvalue weighted by Crippen LogP contribution is 2.00. The normalized spacial score (nSPS) is 18.6. The lowest BCUT2D eigenvalue weighted by Crippen LogP contribution is -2.46. The first-order valence-electron chi connectivity index (χ1n) is 6.25. The summed E-state index contributed by atoms with van der Waals surface area (Å²) in [6, 6.07) is 0.104. The van der Waals surface area contributed by atoms with Crippen LogP contribution in [0, 0.1) is 0 Å². The molecule has 0 aromatic carbocycles. The maximum Gasteiger partial charge on any atom is 0.287 e. The summed E-state index contributed by atoms with van der Waals surface area (Å²) < 4.78 is 7.01. The van der Waals surface area contributed by atoms with E-state index < -0.39 is 0 Å². The van der Waals surface area contributed by atoms with Crippen LogP contribution >= 0.6 is 0 Å². The lowest BCUT2D eigenvalue weighted by molar-refractivity contribution is 0.0342. The summed E-state index contributed by atoms with van der Waals surface area (Å²) in [5.41, 5.74) is 0. The second-order valence-corrected chi connectivity index (χ2v) is 4.65. The third-order valence-corrected chi connectivity index (χ3v) is 3.04. The predicted molar refractivity (Wildman–Crippen MR) is 67.4 cm³/mol. The van der Waals surface area contributed by atoms with Crippen LogP contribution in [0.15, 0.2) is 12.4 Å². The van der Waals surface area contributed by atoms with Crippen LogP contribution in [0.2, 0.25) is 0 Å². The zero-order valence-electron chi connectivity index (χ0n) is 10.9. The summed E-state index contributed by atoms with van der Waals surface area (Å²) in [5, 5.41) is 2.97. The molecule has 0 aliphatic carbocycles. The number of morpholine rings is 1. The van der Waals surface area contributed by atoms with Crippen molar-refractivity contribution < 1.29 is 9.53 Å². The van der Waals surface area contributed by atoms with Gasteiger partial charge in [-0.05, 0) is 6.92 Å². The Morgan fingerprint density at radius 3 is 2.89 bits per heavy atom. The summed E-state index contributed by atoms with van der Waals surface area (Å²) in [7, 11) is 1.81. The summed E-state index contributed by atoms with van der Waals surface area (Å²) in [6.45, 7) is 6.28. The fourth-order valence-corrected chi connectivity index (χ4v) is 2.09. The molecular weight excluding hydrogens is 232 g/mol. The van der Waals surface area contributed by atoms with E-state index in [1.165, 1.54) is 0 Å². The van der Waals surface area contributed by atoms with E-state index >= 15 is 0 Å². The fourth-order valence-electron chi connectivity index (χ4n) is 2.09. The number of hydrogen-bond acceptors (Lipinski definition) is 4. The van der Waals surface area contributed by atoms with E-state index in [0.29, 0.717) is 5.82 Å². The Hall–Kier alpha value is -1.40. The molecule has 1 aromatic rings. The third-order valence-electron chi connectivity index (χ3n) is 3.04. The SMILES string of the molecule is CC(CN1CCOCC1)NC(=O)c1nccn1C. The van der Waals surface area contributed by atoms with E-state index in [4.69, 9.17) is 4.74 Å². The van der Waals surface area contributed by atoms with Gasteiger partial charge in [-0.1, -0.05) is 0 Å². The van der Waals surface area contributed by atoms with Crippen molar-refractivity contribution in [1.29, 1.82) is 0 Å². The maximum atomic E-state index is 11.9. The summed E-state index contributed by atoms with van der Waals surface area (Å²) >= 11 is 0. The molecule has 6 heteroatoms. The molecule has 0 bridgehead atoms. The van der Waals surface area contributed by atoms with Crippen LogP contribution in [0.3, 0.4) is 0 Å². The minimum atomic E-state index is -0.122. The lowest BCUT2D eigenvalue weighted by atomic mass is 10.3. The Labute approximate surface area is 107 Å². The molecule has 1 aromatic heterocycles. The molecule has 1 unspecified atom stereocenters. The molecule has 6 nitrogen and oxygen atoms in total. The molecule has 1 fully saturated rings. The molecule has 1 atom stereocenters. The van der Waals surface area contributed by atoms with Crippen LogP contribution in [-0.4, -0.2) is 59.2 Å². The van der Waals surface area contributed by atoms with E-state index in [1.807, 2.05) is 14.0 Å². The molecule has 18 heavy (non-hydrogen) atoms. The van der Waals surface area contributed by atoms with Crippen LogP contribution < -0.4 is 5.32 Å². The smallest absolute Gasteiger partial charge is 0.287 e. The van der Waals surface area contributed by atoms with Crippen molar-refractivity contribution in [3.63, 3.8) is 0 Å². The maximum absolute atomic E-state index is 11.9. The van der Waals surface area contributed by atoms with Gasteiger partial charge in [0.25, 0.3) is 5.91 Å². The van der Waals surface area contributed by atoms with Gasteiger partial charge in [-0.3, -0.25) is 9.69 Å². The van der Waals surface area contributed by atoms with Gasteiger partial charge in [-0.25, -0.2) is 4.98 Å². The molecule has 1 amide bonds. The number of imidazole rings is 1. The Kier molecular flexibility index (Phi) is 4.33. The Bertz CT molecular complexity index is 399. The quantitative estimate of drug-likeness (QED) is 0.811. The van der Waals surface area contributed by atoms with Gasteiger partial charge in [-0.15, -0.1) is 0 Å². The zero-order valence-corrected chi connectivity index (χ0v) is 10.9. The topological polar surface area (TPSA) is 59.4 Å². The van der Waals surface area contributed by atoms with Crippen LogP contribution in [0.1, 0.15) is 17.5 Å². The average molecular weight is 252 g/mol. The van der Waals surface area contributed by atoms with Gasteiger partial charge in [0.2, 0.25) is 0 Å². The lowest BCUT2D eigenvalue weighted by Gasteiger charge is -2.29. The standard InChI is InChI=1S/C12H20N4O2/c1-10(9-16-5-7-18-8-6-16)14-12(17)11-13-3-4-15(11)2/h3-4,10H,5-9H2,1-2H3,(H,14,17). The molecule has 1 N–H and O–H groups in total. The molecular formula is C12H20N4O2. The minimum Gasteiger partial charge on any atom is -0.379 e. The molecule has 100 valence electrons. The number of aryl methyl sites for hydroxylation is 1. The number of aromatic nitrogens is 2. The summed E-state index contributed by atoms with van der Waals surface area (Å²) in [5.74, 6) is 0.326. The number of nitrogens with zero attached hydrogens (tertiary/aromatic N) is 3. The first kappa shape index (κ1) is 13.0. The van der Waals surface area contributed by atoms with E-state index in [0.717, 1.165) is 32.8 Å². The van der Waals surface area contributed by atoms with Gasteiger partial charge in [0.1, 0.15) is 0 Å². The van der Waals surface area contributed by atoms with E-state index in [-0.39, 0.29) is 11.9 Å². The number of nitrogens with one attached hydrogen (secondary N) is 1. The third kappa shape index (κ3) is 3.30. The molecule has 0 spiro atoms. The van der Waals surface area contributed by atoms with Crippen molar-refractivity contribution in [2.75, 3.05) is 32.8 Å². The van der Waals surface area contributed by atoms with Crippen molar-refractivity contribution in [2.45, 2.75) is 13.0 Å². The van der Waals surface area contributed by atoms with Gasteiger partial charge >= 0.3 is 0 Å². The zero-order chi connectivity index (χ0) is 13.0. The number of hydrogen-bond donors (Lipinski definition) is 1. The summed E-state index contributed by atoms with van der Waals surface area (Å²) in [4.78, 5) is 18.3. The number of carbonyl (C=O) groups is 1. The van der Waals surface area contributed by atoms with Gasteiger partial charge < -0.3 is 14.6 Å². The molecule has 2 rings (SSSR count). The van der Waals surface area contributed by atoms with Crippen LogP contribution in [0.25, 0.3) is 0 Å². The Balaban J connectivity index is 1.81. The number of rotatable bonds is 4. The first-order chi connectivity index (χ1) is 8.66. The molecule has 1 aliphatic rings. The van der Waals surface area contributed by atoms with E-state index in [9.17, 15) is 4.79 Å². The van der Waals surface area contributed by atoms with Crippen molar-refractivity contribution >= 4 is 5.91 Å². The van der Waals surface area contributed by atoms with Gasteiger partial charge in [0.15, 0.2) is 5.82 Å². The molecule has 1 saturated heterocycles.